The molecule has 6 heteroatoms. The highest BCUT2D eigenvalue weighted by Crippen LogP contribution is 2.25. The van der Waals surface area contributed by atoms with Gasteiger partial charge in [0.05, 0.1) is 5.52 Å². The van der Waals surface area contributed by atoms with Gasteiger partial charge in [0, 0.05) is 23.7 Å². The number of benzene rings is 1. The molecule has 134 valence electrons. The van der Waals surface area contributed by atoms with Crippen molar-refractivity contribution in [3.8, 4) is 5.88 Å². The molecule has 6 nitrogen and oxygen atoms in total. The lowest BCUT2D eigenvalue weighted by atomic mass is 10.1. The summed E-state index contributed by atoms with van der Waals surface area (Å²) in [6.45, 7) is 2.35. The van der Waals surface area contributed by atoms with Gasteiger partial charge >= 0.3 is 0 Å². The Labute approximate surface area is 152 Å². The second kappa shape index (κ2) is 7.15. The first kappa shape index (κ1) is 16.6. The van der Waals surface area contributed by atoms with E-state index in [9.17, 15) is 4.79 Å². The summed E-state index contributed by atoms with van der Waals surface area (Å²) in [5.41, 5.74) is 3.23. The minimum absolute atomic E-state index is 0.211. The third kappa shape index (κ3) is 3.40. The van der Waals surface area contributed by atoms with E-state index in [1.165, 1.54) is 12.8 Å². The van der Waals surface area contributed by atoms with Crippen LogP contribution < -0.4 is 10.1 Å². The van der Waals surface area contributed by atoms with Crippen LogP contribution >= 0.6 is 0 Å². The number of pyridine rings is 1. The van der Waals surface area contributed by atoms with E-state index < -0.39 is 0 Å². The summed E-state index contributed by atoms with van der Waals surface area (Å²) >= 11 is 0. The van der Waals surface area contributed by atoms with Crippen LogP contribution in [0, 0.1) is 6.92 Å². The number of H-pyrrole nitrogens is 1. The van der Waals surface area contributed by atoms with Gasteiger partial charge in [-0.05, 0) is 50.8 Å². The highest BCUT2D eigenvalue weighted by Gasteiger charge is 2.19. The molecule has 26 heavy (non-hydrogen) atoms. The van der Waals surface area contributed by atoms with Gasteiger partial charge in [0.25, 0.3) is 5.91 Å². The Morgan fingerprint density at radius 2 is 2.15 bits per heavy atom. The molecule has 0 unspecified atom stereocenters. The molecule has 1 aliphatic carbocycles. The van der Waals surface area contributed by atoms with Crippen molar-refractivity contribution in [3.05, 3.63) is 53.3 Å². The molecular weight excluding hydrogens is 328 g/mol. The Bertz CT molecular complexity index is 928. The van der Waals surface area contributed by atoms with Crippen molar-refractivity contribution in [3.63, 3.8) is 0 Å². The smallest absolute Gasteiger partial charge is 0.272 e. The van der Waals surface area contributed by atoms with Crippen LogP contribution in [0.15, 0.2) is 36.5 Å². The summed E-state index contributed by atoms with van der Waals surface area (Å²) in [6.07, 6.45) is 6.50. The van der Waals surface area contributed by atoms with E-state index in [1.807, 2.05) is 37.3 Å². The summed E-state index contributed by atoms with van der Waals surface area (Å²) in [7, 11) is 0. The van der Waals surface area contributed by atoms with Gasteiger partial charge in [-0.25, -0.2) is 4.98 Å². The molecule has 2 aromatic heterocycles. The van der Waals surface area contributed by atoms with Gasteiger partial charge in [-0.1, -0.05) is 17.7 Å². The summed E-state index contributed by atoms with van der Waals surface area (Å²) in [5, 5.41) is 10.8. The third-order valence-electron chi connectivity index (χ3n) is 4.80. The fourth-order valence-electron chi connectivity index (χ4n) is 3.39. The molecule has 3 aromatic rings. The van der Waals surface area contributed by atoms with E-state index in [1.54, 1.807) is 6.20 Å². The van der Waals surface area contributed by atoms with Gasteiger partial charge in [0.1, 0.15) is 6.10 Å². The van der Waals surface area contributed by atoms with Crippen LogP contribution in [0.4, 0.5) is 0 Å². The molecule has 0 spiro atoms. The molecule has 0 atom stereocenters. The monoisotopic (exact) mass is 350 g/mol. The van der Waals surface area contributed by atoms with E-state index in [4.69, 9.17) is 4.74 Å². The molecule has 0 radical (unpaired) electrons. The molecule has 2 N–H and O–H groups in total. The Kier molecular flexibility index (Phi) is 4.56. The van der Waals surface area contributed by atoms with E-state index in [0.29, 0.717) is 18.1 Å². The molecule has 0 aliphatic heterocycles. The van der Waals surface area contributed by atoms with Crippen LogP contribution in [0.25, 0.3) is 10.9 Å². The van der Waals surface area contributed by atoms with E-state index >= 15 is 0 Å². The Morgan fingerprint density at radius 1 is 1.31 bits per heavy atom. The molecule has 1 aromatic carbocycles. The number of hydrogen-bond acceptors (Lipinski definition) is 4. The minimum atomic E-state index is -0.211. The zero-order valence-electron chi connectivity index (χ0n) is 14.8. The zero-order valence-corrected chi connectivity index (χ0v) is 14.8. The number of amides is 1. The highest BCUT2D eigenvalue weighted by atomic mass is 16.5. The van der Waals surface area contributed by atoms with Crippen molar-refractivity contribution in [1.29, 1.82) is 0 Å². The number of carbonyl (C=O) groups excluding carboxylic acids is 1. The fourth-order valence-corrected chi connectivity index (χ4v) is 3.39. The van der Waals surface area contributed by atoms with Crippen LogP contribution in [0.2, 0.25) is 0 Å². The van der Waals surface area contributed by atoms with Crippen LogP contribution in [-0.2, 0) is 6.54 Å². The predicted octanol–water partition coefficient (Wildman–Crippen LogP) is 3.52. The largest absolute Gasteiger partial charge is 0.474 e. The Morgan fingerprint density at radius 3 is 3.00 bits per heavy atom. The zero-order chi connectivity index (χ0) is 17.9. The number of rotatable bonds is 5. The second-order valence-corrected chi connectivity index (χ2v) is 6.80. The fraction of sp³-hybridized carbons (Fsp3) is 0.350. The lowest BCUT2D eigenvalue weighted by Crippen LogP contribution is -2.24. The number of nitrogens with zero attached hydrogens (tertiary/aromatic N) is 2. The number of aromatic amines is 1. The minimum Gasteiger partial charge on any atom is -0.474 e. The molecular formula is C20H22N4O2. The van der Waals surface area contributed by atoms with Gasteiger partial charge in [-0.2, -0.15) is 5.10 Å². The van der Waals surface area contributed by atoms with Crippen LogP contribution in [0.1, 0.15) is 47.3 Å². The summed E-state index contributed by atoms with van der Waals surface area (Å²) < 4.78 is 6.03. The topological polar surface area (TPSA) is 79.9 Å². The van der Waals surface area contributed by atoms with E-state index in [0.717, 1.165) is 34.9 Å². The first-order valence-electron chi connectivity index (χ1n) is 9.04. The number of carbonyl (C=O) groups is 1. The van der Waals surface area contributed by atoms with Gasteiger partial charge in [0.2, 0.25) is 5.88 Å². The third-order valence-corrected chi connectivity index (χ3v) is 4.80. The van der Waals surface area contributed by atoms with Crippen molar-refractivity contribution in [1.82, 2.24) is 20.5 Å². The number of hydrogen-bond donors (Lipinski definition) is 2. The van der Waals surface area contributed by atoms with Crippen molar-refractivity contribution in [2.75, 3.05) is 0 Å². The second-order valence-electron chi connectivity index (χ2n) is 6.80. The molecule has 4 rings (SSSR count). The van der Waals surface area contributed by atoms with Gasteiger partial charge in [-0.3, -0.25) is 9.89 Å². The first-order valence-corrected chi connectivity index (χ1v) is 9.04. The molecule has 2 heterocycles. The van der Waals surface area contributed by atoms with Gasteiger partial charge in [-0.15, -0.1) is 0 Å². The van der Waals surface area contributed by atoms with Crippen LogP contribution in [0.5, 0.6) is 5.88 Å². The van der Waals surface area contributed by atoms with Crippen molar-refractivity contribution in [2.45, 2.75) is 45.3 Å². The number of aromatic nitrogens is 3. The summed E-state index contributed by atoms with van der Waals surface area (Å²) in [5.74, 6) is 0.403. The maximum Gasteiger partial charge on any atom is 0.272 e. The first-order chi connectivity index (χ1) is 12.7. The quantitative estimate of drug-likeness (QED) is 0.738. The maximum atomic E-state index is 12.6. The maximum absolute atomic E-state index is 12.6. The number of aryl methyl sites for hydroxylation is 1. The average molecular weight is 350 g/mol. The Balaban J connectivity index is 1.48. The molecule has 1 amide bonds. The Hall–Kier alpha value is -2.89. The highest BCUT2D eigenvalue weighted by molar-refractivity contribution is 6.04. The van der Waals surface area contributed by atoms with Crippen molar-refractivity contribution < 1.29 is 9.53 Å². The van der Waals surface area contributed by atoms with Crippen molar-refractivity contribution >= 4 is 16.8 Å². The number of nitrogens with one attached hydrogen (secondary N) is 2. The lowest BCUT2D eigenvalue weighted by Gasteiger charge is -2.15. The summed E-state index contributed by atoms with van der Waals surface area (Å²) in [4.78, 5) is 17.0. The van der Waals surface area contributed by atoms with Gasteiger partial charge < -0.3 is 10.1 Å². The number of ether oxygens (including phenoxy) is 1. The van der Waals surface area contributed by atoms with Crippen molar-refractivity contribution in [2.24, 2.45) is 0 Å². The van der Waals surface area contributed by atoms with E-state index in [-0.39, 0.29) is 12.0 Å². The summed E-state index contributed by atoms with van der Waals surface area (Å²) in [6, 6.07) is 9.68. The normalized spacial score (nSPS) is 14.7. The number of fused-ring (bicyclic) bond motifs is 1. The lowest BCUT2D eigenvalue weighted by molar-refractivity contribution is 0.0947. The molecule has 1 saturated carbocycles. The average Bonchev–Trinajstić information content (AvgIpc) is 3.30. The van der Waals surface area contributed by atoms with Crippen LogP contribution in [0.3, 0.4) is 0 Å². The standard InChI is InChI=1S/C20H22N4O2/c1-13-8-9-17-16(11-13)18(24-23-17)19(25)22-12-14-5-4-10-21-20(14)26-15-6-2-3-7-15/h4-5,8-11,15H,2-3,6-7,12H2,1H3,(H,22,25)(H,23,24). The predicted molar refractivity (Wildman–Crippen MR) is 99.1 cm³/mol. The SMILES string of the molecule is Cc1ccc2[nH]nc(C(=O)NCc3cccnc3OC3CCCC3)c2c1. The molecule has 1 aliphatic rings. The molecule has 1 fully saturated rings. The molecule has 0 saturated heterocycles. The van der Waals surface area contributed by atoms with Crippen LogP contribution in [-0.4, -0.2) is 27.2 Å². The van der Waals surface area contributed by atoms with E-state index in [2.05, 4.69) is 20.5 Å². The van der Waals surface area contributed by atoms with Gasteiger partial charge in [0.15, 0.2) is 5.69 Å². The molecule has 0 bridgehead atoms.